The van der Waals surface area contributed by atoms with E-state index in [9.17, 15) is 9.59 Å². The minimum Gasteiger partial charge on any atom is -0.326 e. The van der Waals surface area contributed by atoms with Crippen molar-refractivity contribution in [2.45, 2.75) is 20.3 Å². The molecule has 0 aliphatic carbocycles. The number of halogens is 1. The van der Waals surface area contributed by atoms with Gasteiger partial charge in [0.05, 0.1) is 0 Å². The molecule has 0 atom stereocenters. The van der Waals surface area contributed by atoms with Gasteiger partial charge in [0.1, 0.15) is 0 Å². The molecule has 1 aromatic carbocycles. The normalized spacial score (nSPS) is 9.94. The van der Waals surface area contributed by atoms with Crippen LogP contribution in [0.25, 0.3) is 0 Å². The van der Waals surface area contributed by atoms with E-state index in [2.05, 4.69) is 5.32 Å². The van der Waals surface area contributed by atoms with Crippen molar-refractivity contribution in [2.75, 3.05) is 11.2 Å². The maximum atomic E-state index is 11.6. The Morgan fingerprint density at radius 2 is 2.06 bits per heavy atom. The zero-order valence-corrected chi connectivity index (χ0v) is 10.1. The van der Waals surface area contributed by atoms with Crippen LogP contribution >= 0.6 is 11.6 Å². The average Bonchev–Trinajstić information content (AvgIpc) is 2.21. The molecular formula is C12H14ClNO2. The number of anilines is 1. The van der Waals surface area contributed by atoms with Gasteiger partial charge in [-0.05, 0) is 18.6 Å². The molecule has 0 heterocycles. The van der Waals surface area contributed by atoms with Crippen molar-refractivity contribution in [2.24, 2.45) is 0 Å². The molecule has 0 aromatic heterocycles. The van der Waals surface area contributed by atoms with Crippen LogP contribution < -0.4 is 5.32 Å². The topological polar surface area (TPSA) is 46.2 Å². The summed E-state index contributed by atoms with van der Waals surface area (Å²) >= 11 is 5.51. The minimum absolute atomic E-state index is 0.0124. The lowest BCUT2D eigenvalue weighted by Crippen LogP contribution is -2.09. The molecule has 0 saturated heterocycles. The summed E-state index contributed by atoms with van der Waals surface area (Å²) in [5.74, 6) is 0.147. The fourth-order valence-corrected chi connectivity index (χ4v) is 1.52. The van der Waals surface area contributed by atoms with Crippen LogP contribution in [0.4, 0.5) is 5.69 Å². The standard InChI is InChI=1S/C12H14ClNO2/c1-8-3-4-10(12(16)5-6-13)7-11(8)14-9(2)15/h3-4,7H,5-6H2,1-2H3,(H,14,15). The van der Waals surface area contributed by atoms with E-state index in [0.717, 1.165) is 5.56 Å². The Morgan fingerprint density at radius 3 is 2.62 bits per heavy atom. The van der Waals surface area contributed by atoms with E-state index in [0.29, 0.717) is 23.6 Å². The number of hydrogen-bond acceptors (Lipinski definition) is 2. The van der Waals surface area contributed by atoms with Gasteiger partial charge in [-0.1, -0.05) is 12.1 Å². The molecule has 1 aromatic rings. The van der Waals surface area contributed by atoms with E-state index in [-0.39, 0.29) is 11.7 Å². The molecule has 4 heteroatoms. The Balaban J connectivity index is 2.97. The van der Waals surface area contributed by atoms with Gasteiger partial charge in [0.15, 0.2) is 5.78 Å². The first-order valence-electron chi connectivity index (χ1n) is 5.02. The molecule has 0 saturated carbocycles. The highest BCUT2D eigenvalue weighted by Gasteiger charge is 2.08. The predicted octanol–water partition coefficient (Wildman–Crippen LogP) is 2.77. The lowest BCUT2D eigenvalue weighted by atomic mass is 10.1. The Bertz CT molecular complexity index is 415. The smallest absolute Gasteiger partial charge is 0.221 e. The largest absolute Gasteiger partial charge is 0.326 e. The number of benzene rings is 1. The van der Waals surface area contributed by atoms with Gasteiger partial charge in [-0.25, -0.2) is 0 Å². The van der Waals surface area contributed by atoms with E-state index in [1.165, 1.54) is 6.92 Å². The quantitative estimate of drug-likeness (QED) is 0.649. The van der Waals surface area contributed by atoms with Crippen LogP contribution in [0.1, 0.15) is 29.3 Å². The highest BCUT2D eigenvalue weighted by Crippen LogP contribution is 2.18. The second kappa shape index (κ2) is 5.66. The minimum atomic E-state index is -0.148. The Labute approximate surface area is 99.8 Å². The van der Waals surface area contributed by atoms with E-state index < -0.39 is 0 Å². The van der Waals surface area contributed by atoms with Crippen molar-refractivity contribution in [1.29, 1.82) is 0 Å². The van der Waals surface area contributed by atoms with Gasteiger partial charge in [0, 0.05) is 30.5 Å². The zero-order valence-electron chi connectivity index (χ0n) is 9.34. The van der Waals surface area contributed by atoms with Crippen molar-refractivity contribution < 1.29 is 9.59 Å². The van der Waals surface area contributed by atoms with Crippen LogP contribution in [-0.4, -0.2) is 17.6 Å². The number of alkyl halides is 1. The summed E-state index contributed by atoms with van der Waals surface area (Å²) < 4.78 is 0. The van der Waals surface area contributed by atoms with E-state index >= 15 is 0 Å². The Kier molecular flexibility index (Phi) is 4.50. The monoisotopic (exact) mass is 239 g/mol. The van der Waals surface area contributed by atoms with Crippen LogP contribution in [0.3, 0.4) is 0 Å². The van der Waals surface area contributed by atoms with Gasteiger partial charge >= 0.3 is 0 Å². The average molecular weight is 240 g/mol. The third-order valence-electron chi connectivity index (χ3n) is 2.19. The third-order valence-corrected chi connectivity index (χ3v) is 2.38. The lowest BCUT2D eigenvalue weighted by molar-refractivity contribution is -0.114. The molecule has 1 N–H and O–H groups in total. The number of ketones is 1. The highest BCUT2D eigenvalue weighted by atomic mass is 35.5. The zero-order chi connectivity index (χ0) is 12.1. The van der Waals surface area contributed by atoms with Gasteiger partial charge in [0.25, 0.3) is 0 Å². The highest BCUT2D eigenvalue weighted by molar-refractivity contribution is 6.19. The van der Waals surface area contributed by atoms with E-state index in [4.69, 9.17) is 11.6 Å². The predicted molar refractivity (Wildman–Crippen MR) is 65.2 cm³/mol. The Hall–Kier alpha value is -1.35. The number of nitrogens with one attached hydrogen (secondary N) is 1. The number of rotatable bonds is 4. The van der Waals surface area contributed by atoms with Crippen molar-refractivity contribution >= 4 is 29.0 Å². The number of carbonyl (C=O) groups is 2. The summed E-state index contributed by atoms with van der Waals surface area (Å²) in [6.07, 6.45) is 0.310. The van der Waals surface area contributed by atoms with Gasteiger partial charge in [0.2, 0.25) is 5.91 Å². The van der Waals surface area contributed by atoms with Crippen LogP contribution in [0.2, 0.25) is 0 Å². The van der Waals surface area contributed by atoms with Crippen LogP contribution in [0.15, 0.2) is 18.2 Å². The second-order valence-electron chi connectivity index (χ2n) is 3.57. The van der Waals surface area contributed by atoms with Crippen molar-refractivity contribution in [3.8, 4) is 0 Å². The number of hydrogen-bond donors (Lipinski definition) is 1. The molecule has 86 valence electrons. The summed E-state index contributed by atoms with van der Waals surface area (Å²) in [6, 6.07) is 5.24. The summed E-state index contributed by atoms with van der Waals surface area (Å²) in [4.78, 5) is 22.6. The summed E-state index contributed by atoms with van der Waals surface area (Å²) in [7, 11) is 0. The molecule has 0 unspecified atom stereocenters. The van der Waals surface area contributed by atoms with Gasteiger partial charge in [-0.2, -0.15) is 0 Å². The van der Waals surface area contributed by atoms with Crippen LogP contribution in [0, 0.1) is 6.92 Å². The lowest BCUT2D eigenvalue weighted by Gasteiger charge is -2.08. The van der Waals surface area contributed by atoms with Gasteiger partial charge in [-0.15, -0.1) is 11.6 Å². The molecule has 0 spiro atoms. The number of Topliss-reactive ketones (excluding diaryl/α,β-unsaturated/α-hetero) is 1. The van der Waals surface area contributed by atoms with Crippen LogP contribution in [0.5, 0.6) is 0 Å². The maximum absolute atomic E-state index is 11.6. The molecule has 1 rings (SSSR count). The Morgan fingerprint density at radius 1 is 1.38 bits per heavy atom. The van der Waals surface area contributed by atoms with Crippen LogP contribution in [-0.2, 0) is 4.79 Å². The maximum Gasteiger partial charge on any atom is 0.221 e. The third kappa shape index (κ3) is 3.35. The molecule has 0 aliphatic rings. The number of aryl methyl sites for hydroxylation is 1. The number of amides is 1. The molecule has 16 heavy (non-hydrogen) atoms. The summed E-state index contributed by atoms with van der Waals surface area (Å²) in [5.41, 5.74) is 2.18. The molecular weight excluding hydrogens is 226 g/mol. The van der Waals surface area contributed by atoms with Gasteiger partial charge in [-0.3, -0.25) is 9.59 Å². The molecule has 0 fully saturated rings. The van der Waals surface area contributed by atoms with E-state index in [1.807, 2.05) is 13.0 Å². The molecule has 1 amide bonds. The molecule has 0 radical (unpaired) electrons. The fourth-order valence-electron chi connectivity index (χ4n) is 1.35. The van der Waals surface area contributed by atoms with Crippen molar-refractivity contribution in [1.82, 2.24) is 0 Å². The fraction of sp³-hybridized carbons (Fsp3) is 0.333. The number of carbonyl (C=O) groups excluding carboxylic acids is 2. The first-order valence-corrected chi connectivity index (χ1v) is 5.55. The SMILES string of the molecule is CC(=O)Nc1cc(C(=O)CCCl)ccc1C. The summed E-state index contributed by atoms with van der Waals surface area (Å²) in [6.45, 7) is 3.31. The first kappa shape index (κ1) is 12.7. The molecule has 0 bridgehead atoms. The van der Waals surface area contributed by atoms with Gasteiger partial charge < -0.3 is 5.32 Å². The second-order valence-corrected chi connectivity index (χ2v) is 3.95. The van der Waals surface area contributed by atoms with Crippen molar-refractivity contribution in [3.63, 3.8) is 0 Å². The van der Waals surface area contributed by atoms with Crippen molar-refractivity contribution in [3.05, 3.63) is 29.3 Å². The summed E-state index contributed by atoms with van der Waals surface area (Å²) in [5, 5.41) is 2.69. The molecule has 0 aliphatic heterocycles. The molecule has 3 nitrogen and oxygen atoms in total. The first-order chi connectivity index (χ1) is 7.54. The van der Waals surface area contributed by atoms with E-state index in [1.54, 1.807) is 12.1 Å².